The average molecular weight is 406 g/mol. The van der Waals surface area contributed by atoms with Crippen LogP contribution >= 0.6 is 0 Å². The van der Waals surface area contributed by atoms with E-state index in [1.54, 1.807) is 0 Å². The molecule has 2 aromatic carbocycles. The van der Waals surface area contributed by atoms with Gasteiger partial charge in [0.1, 0.15) is 11.6 Å². The van der Waals surface area contributed by atoms with Crippen molar-refractivity contribution in [2.24, 2.45) is 0 Å². The summed E-state index contributed by atoms with van der Waals surface area (Å²) in [5.41, 5.74) is 3.27. The van der Waals surface area contributed by atoms with E-state index in [1.165, 1.54) is 31.5 Å². The molecule has 0 unspecified atom stereocenters. The summed E-state index contributed by atoms with van der Waals surface area (Å²) in [6.45, 7) is 5.94. The van der Waals surface area contributed by atoms with Gasteiger partial charge >= 0.3 is 0 Å². The minimum absolute atomic E-state index is 0.133. The number of likely N-dealkylation sites (tertiary alicyclic amines) is 1. The molecule has 0 bridgehead atoms. The fourth-order valence-corrected chi connectivity index (χ4v) is 4.92. The number of rotatable bonds is 7. The van der Waals surface area contributed by atoms with Crippen molar-refractivity contribution >= 4 is 11.0 Å². The molecule has 2 saturated heterocycles. The molecule has 5 rings (SSSR count). The van der Waals surface area contributed by atoms with Crippen LogP contribution in [0.2, 0.25) is 0 Å². The van der Waals surface area contributed by atoms with E-state index in [0.29, 0.717) is 0 Å². The summed E-state index contributed by atoms with van der Waals surface area (Å²) in [6.07, 6.45) is 5.65. The average Bonchev–Trinajstić information content (AvgIpc) is 3.48. The molecular formula is C25H31N3O2. The van der Waals surface area contributed by atoms with Crippen LogP contribution in [0.25, 0.3) is 11.0 Å². The number of nitrogens with zero attached hydrogens (tertiary/aromatic N) is 2. The largest absolute Gasteiger partial charge is 0.494 e. The molecule has 5 nitrogen and oxygen atoms in total. The maximum Gasteiger partial charge on any atom is 0.119 e. The Bertz CT molecular complexity index is 921. The molecule has 158 valence electrons. The Morgan fingerprint density at radius 3 is 2.53 bits per heavy atom. The third kappa shape index (κ3) is 3.96. The number of hydrogen-bond donors (Lipinski definition) is 1. The molecule has 5 heteroatoms. The Balaban J connectivity index is 1.31. The van der Waals surface area contributed by atoms with Crippen LogP contribution in [-0.4, -0.2) is 54.3 Å². The van der Waals surface area contributed by atoms with Crippen LogP contribution in [0.4, 0.5) is 0 Å². The third-order valence-corrected chi connectivity index (χ3v) is 6.68. The van der Waals surface area contributed by atoms with Gasteiger partial charge in [-0.3, -0.25) is 0 Å². The smallest absolute Gasteiger partial charge is 0.119 e. The minimum atomic E-state index is -0.133. The summed E-state index contributed by atoms with van der Waals surface area (Å²) in [5.74, 6) is 2.00. The number of imidazole rings is 1. The first-order valence-electron chi connectivity index (χ1n) is 11.3. The van der Waals surface area contributed by atoms with Gasteiger partial charge in [0, 0.05) is 19.8 Å². The number of para-hydroxylation sites is 2. The number of hydrogen-bond acceptors (Lipinski definition) is 4. The van der Waals surface area contributed by atoms with Crippen molar-refractivity contribution in [1.29, 1.82) is 0 Å². The standard InChI is InChI=1S/C25H31N3O2/c1-2-7-23-22(6-1)26-24(27-23)25(12-18-29-19-13-25)20-8-10-21(11-9-20)30-17-5-16-28-14-3-4-15-28/h1-2,6-11H,3-5,12-19H2,(H,26,27). The van der Waals surface area contributed by atoms with Crippen molar-refractivity contribution in [3.63, 3.8) is 0 Å². The molecule has 2 aliphatic rings. The zero-order valence-electron chi connectivity index (χ0n) is 17.6. The Morgan fingerprint density at radius 1 is 1.00 bits per heavy atom. The molecular weight excluding hydrogens is 374 g/mol. The number of nitrogens with one attached hydrogen (secondary N) is 1. The van der Waals surface area contributed by atoms with Gasteiger partial charge < -0.3 is 19.4 Å². The zero-order valence-corrected chi connectivity index (χ0v) is 17.6. The van der Waals surface area contributed by atoms with Crippen LogP contribution < -0.4 is 4.74 Å². The second-order valence-corrected chi connectivity index (χ2v) is 8.57. The highest BCUT2D eigenvalue weighted by Gasteiger charge is 2.39. The first-order valence-corrected chi connectivity index (χ1v) is 11.3. The van der Waals surface area contributed by atoms with E-state index < -0.39 is 0 Å². The zero-order chi connectivity index (χ0) is 20.2. The Labute approximate surface area is 178 Å². The van der Waals surface area contributed by atoms with Crippen LogP contribution in [0.1, 0.15) is 43.5 Å². The lowest BCUT2D eigenvalue weighted by Crippen LogP contribution is -2.36. The molecule has 0 spiro atoms. The molecule has 3 aromatic rings. The molecule has 30 heavy (non-hydrogen) atoms. The summed E-state index contributed by atoms with van der Waals surface area (Å²) in [7, 11) is 0. The highest BCUT2D eigenvalue weighted by molar-refractivity contribution is 5.75. The van der Waals surface area contributed by atoms with Crippen LogP contribution in [0.15, 0.2) is 48.5 Å². The highest BCUT2D eigenvalue weighted by atomic mass is 16.5. The minimum Gasteiger partial charge on any atom is -0.494 e. The second-order valence-electron chi connectivity index (χ2n) is 8.57. The van der Waals surface area contributed by atoms with Gasteiger partial charge in [0.15, 0.2) is 0 Å². The van der Waals surface area contributed by atoms with E-state index in [1.807, 2.05) is 6.07 Å². The topological polar surface area (TPSA) is 50.4 Å². The third-order valence-electron chi connectivity index (χ3n) is 6.68. The maximum atomic E-state index is 6.02. The van der Waals surface area contributed by atoms with Gasteiger partial charge in [0.2, 0.25) is 0 Å². The van der Waals surface area contributed by atoms with Crippen LogP contribution in [-0.2, 0) is 10.2 Å². The SMILES string of the molecule is c1ccc2[nH]c(C3(c4ccc(OCCCN5CCCC5)cc4)CCOCC3)nc2c1. The number of H-pyrrole nitrogens is 1. The Morgan fingerprint density at radius 2 is 1.77 bits per heavy atom. The number of fused-ring (bicyclic) bond motifs is 1. The first-order chi connectivity index (χ1) is 14.8. The highest BCUT2D eigenvalue weighted by Crippen LogP contribution is 2.41. The predicted molar refractivity (Wildman–Crippen MR) is 119 cm³/mol. The van der Waals surface area contributed by atoms with Gasteiger partial charge in [-0.15, -0.1) is 0 Å². The molecule has 2 fully saturated rings. The van der Waals surface area contributed by atoms with Gasteiger partial charge in [-0.2, -0.15) is 0 Å². The fraction of sp³-hybridized carbons (Fsp3) is 0.480. The van der Waals surface area contributed by atoms with Gasteiger partial charge in [-0.1, -0.05) is 24.3 Å². The molecule has 0 amide bonds. The Hall–Kier alpha value is -2.37. The summed E-state index contributed by atoms with van der Waals surface area (Å²) in [5, 5.41) is 0. The number of aromatic nitrogens is 2. The van der Waals surface area contributed by atoms with Crippen LogP contribution in [0.3, 0.4) is 0 Å². The van der Waals surface area contributed by atoms with E-state index in [0.717, 1.165) is 68.2 Å². The fourth-order valence-electron chi connectivity index (χ4n) is 4.92. The van der Waals surface area contributed by atoms with E-state index in [-0.39, 0.29) is 5.41 Å². The molecule has 0 aliphatic carbocycles. The van der Waals surface area contributed by atoms with Crippen molar-refractivity contribution in [3.8, 4) is 5.75 Å². The van der Waals surface area contributed by atoms with Crippen molar-refractivity contribution in [3.05, 3.63) is 59.9 Å². The van der Waals surface area contributed by atoms with Gasteiger partial charge in [-0.05, 0) is 75.0 Å². The second kappa shape index (κ2) is 8.78. The summed E-state index contributed by atoms with van der Waals surface area (Å²) in [6, 6.07) is 16.9. The van der Waals surface area contributed by atoms with Crippen molar-refractivity contribution in [1.82, 2.24) is 14.9 Å². The summed E-state index contributed by atoms with van der Waals surface area (Å²) >= 11 is 0. The van der Waals surface area contributed by atoms with E-state index in [2.05, 4.69) is 52.3 Å². The van der Waals surface area contributed by atoms with E-state index in [9.17, 15) is 0 Å². The number of ether oxygens (including phenoxy) is 2. The van der Waals surface area contributed by atoms with Crippen molar-refractivity contribution in [2.45, 2.75) is 37.5 Å². The quantitative estimate of drug-likeness (QED) is 0.587. The van der Waals surface area contributed by atoms with Gasteiger partial charge in [-0.25, -0.2) is 4.98 Å². The molecule has 3 heterocycles. The Kier molecular flexibility index (Phi) is 5.73. The normalized spacial score (nSPS) is 19.3. The molecule has 1 N–H and O–H groups in total. The number of benzene rings is 2. The lowest BCUT2D eigenvalue weighted by Gasteiger charge is -2.36. The molecule has 0 atom stereocenters. The van der Waals surface area contributed by atoms with Gasteiger partial charge in [0.25, 0.3) is 0 Å². The molecule has 0 saturated carbocycles. The molecule has 2 aliphatic heterocycles. The lowest BCUT2D eigenvalue weighted by molar-refractivity contribution is 0.0608. The summed E-state index contributed by atoms with van der Waals surface area (Å²) in [4.78, 5) is 11.1. The van der Waals surface area contributed by atoms with Crippen LogP contribution in [0.5, 0.6) is 5.75 Å². The predicted octanol–water partition coefficient (Wildman–Crippen LogP) is 4.52. The summed E-state index contributed by atoms with van der Waals surface area (Å²) < 4.78 is 11.7. The van der Waals surface area contributed by atoms with E-state index in [4.69, 9.17) is 14.5 Å². The van der Waals surface area contributed by atoms with Crippen molar-refractivity contribution < 1.29 is 9.47 Å². The number of aromatic amines is 1. The van der Waals surface area contributed by atoms with E-state index >= 15 is 0 Å². The monoisotopic (exact) mass is 405 g/mol. The molecule has 1 aromatic heterocycles. The van der Waals surface area contributed by atoms with Gasteiger partial charge in [0.05, 0.1) is 23.1 Å². The van der Waals surface area contributed by atoms with Crippen molar-refractivity contribution in [2.75, 3.05) is 39.5 Å². The van der Waals surface area contributed by atoms with Crippen LogP contribution in [0, 0.1) is 0 Å². The first kappa shape index (κ1) is 19.6. The maximum absolute atomic E-state index is 6.02. The lowest BCUT2D eigenvalue weighted by atomic mass is 9.73. The molecule has 0 radical (unpaired) electrons.